The number of aromatic amines is 1. The second kappa shape index (κ2) is 6.60. The summed E-state index contributed by atoms with van der Waals surface area (Å²) in [7, 11) is 1.62. The van der Waals surface area contributed by atoms with Gasteiger partial charge in [-0.2, -0.15) is 4.98 Å². The lowest BCUT2D eigenvalue weighted by atomic mass is 10.2. The zero-order valence-corrected chi connectivity index (χ0v) is 12.9. The molecule has 2 aromatic rings. The normalized spacial score (nSPS) is 11.2. The molecule has 0 aromatic carbocycles. The highest BCUT2D eigenvalue weighted by atomic mass is 16.2. The molecule has 2 rings (SSSR count). The molecule has 0 spiro atoms. The molecule has 2 N–H and O–H groups in total. The standard InChI is InChI=1S/C14H23N5O2/c1-4-6-7-8-15-13-16-11-10(19(13)9-5-2)12(20)17-14(21)18(11)3/h4-9H2,1-3H3,(H,15,16)(H,17,20,21). The molecule has 0 amide bonds. The number of anilines is 1. The van der Waals surface area contributed by atoms with Crippen molar-refractivity contribution in [2.45, 2.75) is 46.1 Å². The Morgan fingerprint density at radius 2 is 1.95 bits per heavy atom. The van der Waals surface area contributed by atoms with Crippen LogP contribution < -0.4 is 16.6 Å². The quantitative estimate of drug-likeness (QED) is 0.756. The summed E-state index contributed by atoms with van der Waals surface area (Å²) >= 11 is 0. The Bertz CT molecular complexity index is 725. The number of nitrogens with zero attached hydrogens (tertiary/aromatic N) is 3. The number of H-pyrrole nitrogens is 1. The molecule has 0 atom stereocenters. The summed E-state index contributed by atoms with van der Waals surface area (Å²) in [6, 6.07) is 0. The van der Waals surface area contributed by atoms with Crippen LogP contribution in [0.4, 0.5) is 5.95 Å². The first-order valence-electron chi connectivity index (χ1n) is 7.53. The second-order valence-electron chi connectivity index (χ2n) is 5.21. The van der Waals surface area contributed by atoms with Crippen molar-refractivity contribution < 1.29 is 0 Å². The summed E-state index contributed by atoms with van der Waals surface area (Å²) in [4.78, 5) is 30.5. The SMILES string of the molecule is CCCCCNc1nc2c(c(=O)[nH]c(=O)n2C)n1CCC. The Morgan fingerprint density at radius 3 is 2.62 bits per heavy atom. The molecular weight excluding hydrogens is 270 g/mol. The van der Waals surface area contributed by atoms with E-state index < -0.39 is 5.69 Å². The summed E-state index contributed by atoms with van der Waals surface area (Å²) in [5.74, 6) is 0.662. The molecule has 2 aromatic heterocycles. The molecular formula is C14H23N5O2. The van der Waals surface area contributed by atoms with Gasteiger partial charge in [0.15, 0.2) is 11.2 Å². The van der Waals surface area contributed by atoms with Crippen molar-refractivity contribution in [3.05, 3.63) is 20.8 Å². The Balaban J connectivity index is 2.47. The van der Waals surface area contributed by atoms with Gasteiger partial charge >= 0.3 is 5.69 Å². The van der Waals surface area contributed by atoms with Gasteiger partial charge in [0.25, 0.3) is 5.56 Å². The van der Waals surface area contributed by atoms with E-state index in [0.717, 1.165) is 32.2 Å². The van der Waals surface area contributed by atoms with Gasteiger partial charge in [0, 0.05) is 20.1 Å². The monoisotopic (exact) mass is 293 g/mol. The van der Waals surface area contributed by atoms with Crippen molar-refractivity contribution >= 4 is 17.1 Å². The molecule has 0 aliphatic carbocycles. The molecule has 7 nitrogen and oxygen atoms in total. The Morgan fingerprint density at radius 1 is 1.19 bits per heavy atom. The third-order valence-electron chi connectivity index (χ3n) is 3.52. The van der Waals surface area contributed by atoms with Gasteiger partial charge in [-0.25, -0.2) is 4.79 Å². The maximum Gasteiger partial charge on any atom is 0.329 e. The topological polar surface area (TPSA) is 84.7 Å². The number of nitrogens with one attached hydrogen (secondary N) is 2. The largest absolute Gasteiger partial charge is 0.356 e. The maximum absolute atomic E-state index is 12.1. The van der Waals surface area contributed by atoms with Crippen molar-refractivity contribution in [3.8, 4) is 0 Å². The Labute approximate surface area is 123 Å². The minimum atomic E-state index is -0.439. The molecule has 0 aliphatic heterocycles. The minimum Gasteiger partial charge on any atom is -0.356 e. The number of unbranched alkanes of at least 4 members (excludes halogenated alkanes) is 2. The lowest BCUT2D eigenvalue weighted by Crippen LogP contribution is -2.29. The fourth-order valence-corrected chi connectivity index (χ4v) is 2.39. The Kier molecular flexibility index (Phi) is 4.82. The second-order valence-corrected chi connectivity index (χ2v) is 5.21. The van der Waals surface area contributed by atoms with Gasteiger partial charge in [-0.15, -0.1) is 0 Å². The van der Waals surface area contributed by atoms with Gasteiger partial charge < -0.3 is 9.88 Å². The van der Waals surface area contributed by atoms with Crippen LogP contribution >= 0.6 is 0 Å². The first kappa shape index (κ1) is 15.3. The van der Waals surface area contributed by atoms with E-state index in [-0.39, 0.29) is 5.56 Å². The molecule has 0 saturated carbocycles. The van der Waals surface area contributed by atoms with Crippen LogP contribution in [0.2, 0.25) is 0 Å². The zero-order chi connectivity index (χ0) is 15.4. The summed E-state index contributed by atoms with van der Waals surface area (Å²) in [5.41, 5.74) is 0.0639. The average Bonchev–Trinajstić information content (AvgIpc) is 2.81. The molecule has 0 fully saturated rings. The van der Waals surface area contributed by atoms with Crippen molar-refractivity contribution in [1.29, 1.82) is 0 Å². The molecule has 0 bridgehead atoms. The summed E-state index contributed by atoms with van der Waals surface area (Å²) in [6.07, 6.45) is 4.25. The lowest BCUT2D eigenvalue weighted by Gasteiger charge is -2.08. The van der Waals surface area contributed by atoms with Crippen molar-refractivity contribution in [2.75, 3.05) is 11.9 Å². The third-order valence-corrected chi connectivity index (χ3v) is 3.52. The van der Waals surface area contributed by atoms with Gasteiger partial charge in [-0.1, -0.05) is 26.7 Å². The van der Waals surface area contributed by atoms with E-state index in [2.05, 4.69) is 22.2 Å². The number of aryl methyl sites for hydroxylation is 2. The van der Waals surface area contributed by atoms with Crippen molar-refractivity contribution in [1.82, 2.24) is 19.1 Å². The lowest BCUT2D eigenvalue weighted by molar-refractivity contribution is 0.687. The number of hydrogen-bond donors (Lipinski definition) is 2. The fourth-order valence-electron chi connectivity index (χ4n) is 2.39. The first-order chi connectivity index (χ1) is 10.1. The number of aromatic nitrogens is 4. The summed E-state index contributed by atoms with van der Waals surface area (Å²) in [6.45, 7) is 5.70. The minimum absolute atomic E-state index is 0.379. The third kappa shape index (κ3) is 3.01. The van der Waals surface area contributed by atoms with E-state index in [1.54, 1.807) is 7.05 Å². The van der Waals surface area contributed by atoms with Crippen LogP contribution in [-0.2, 0) is 13.6 Å². The number of hydrogen-bond acceptors (Lipinski definition) is 4. The number of fused-ring (bicyclic) bond motifs is 1. The van der Waals surface area contributed by atoms with Gasteiger partial charge in [0.2, 0.25) is 5.95 Å². The van der Waals surface area contributed by atoms with E-state index in [4.69, 9.17) is 0 Å². The summed E-state index contributed by atoms with van der Waals surface area (Å²) in [5, 5.41) is 3.28. The molecule has 116 valence electrons. The molecule has 0 radical (unpaired) electrons. The number of imidazole rings is 1. The maximum atomic E-state index is 12.1. The van der Waals surface area contributed by atoms with Crippen LogP contribution in [0.15, 0.2) is 9.59 Å². The molecule has 2 heterocycles. The molecule has 0 aliphatic rings. The van der Waals surface area contributed by atoms with Crippen LogP contribution in [0.5, 0.6) is 0 Å². The van der Waals surface area contributed by atoms with Gasteiger partial charge in [-0.3, -0.25) is 14.3 Å². The smallest absolute Gasteiger partial charge is 0.329 e. The van der Waals surface area contributed by atoms with Gasteiger partial charge in [-0.05, 0) is 12.8 Å². The number of rotatable bonds is 7. The highest BCUT2D eigenvalue weighted by molar-refractivity contribution is 5.74. The van der Waals surface area contributed by atoms with Crippen LogP contribution in [0.25, 0.3) is 11.2 Å². The fraction of sp³-hybridized carbons (Fsp3) is 0.643. The van der Waals surface area contributed by atoms with E-state index in [9.17, 15) is 9.59 Å². The average molecular weight is 293 g/mol. The molecule has 7 heteroatoms. The van der Waals surface area contributed by atoms with E-state index >= 15 is 0 Å². The van der Waals surface area contributed by atoms with Crippen LogP contribution in [0, 0.1) is 0 Å². The molecule has 21 heavy (non-hydrogen) atoms. The van der Waals surface area contributed by atoms with E-state index in [1.165, 1.54) is 4.57 Å². The van der Waals surface area contributed by atoms with Crippen LogP contribution in [-0.4, -0.2) is 25.6 Å². The highest BCUT2D eigenvalue weighted by Gasteiger charge is 2.16. The zero-order valence-electron chi connectivity index (χ0n) is 12.9. The van der Waals surface area contributed by atoms with Gasteiger partial charge in [0.05, 0.1) is 0 Å². The predicted octanol–water partition coefficient (Wildman–Crippen LogP) is 1.44. The van der Waals surface area contributed by atoms with Crippen molar-refractivity contribution in [3.63, 3.8) is 0 Å². The molecule has 0 unspecified atom stereocenters. The molecule has 0 saturated heterocycles. The van der Waals surface area contributed by atoms with Crippen LogP contribution in [0.1, 0.15) is 39.5 Å². The Hall–Kier alpha value is -2.05. The van der Waals surface area contributed by atoms with E-state index in [1.807, 2.05) is 11.5 Å². The summed E-state index contributed by atoms with van der Waals surface area (Å²) < 4.78 is 3.24. The van der Waals surface area contributed by atoms with Crippen LogP contribution in [0.3, 0.4) is 0 Å². The first-order valence-corrected chi connectivity index (χ1v) is 7.53. The predicted molar refractivity (Wildman–Crippen MR) is 83.9 cm³/mol. The van der Waals surface area contributed by atoms with Gasteiger partial charge in [0.1, 0.15) is 0 Å². The van der Waals surface area contributed by atoms with E-state index in [0.29, 0.717) is 23.7 Å². The highest BCUT2D eigenvalue weighted by Crippen LogP contribution is 2.15. The van der Waals surface area contributed by atoms with Crippen molar-refractivity contribution in [2.24, 2.45) is 7.05 Å².